The quantitative estimate of drug-likeness (QED) is 0.220. The standard InChI is InChI=1S/C19H25N5O6/c1-5-28-16(25)13-6-8-14(9-7-13)24-12-15(30-23-24)22-17(26)20-10-11-21-18(27)29-19(2,3)4/h6-9,12H,5,10-11H2,1-4H3,(H2-,20,21,22,23,26,27). The van der Waals surface area contributed by atoms with Crippen LogP contribution in [-0.4, -0.2) is 48.7 Å². The first-order chi connectivity index (χ1) is 14.2. The van der Waals surface area contributed by atoms with Crippen LogP contribution in [0.15, 0.2) is 40.0 Å². The molecule has 11 nitrogen and oxygen atoms in total. The number of carbonyl (C=O) groups is 2. The summed E-state index contributed by atoms with van der Waals surface area (Å²) in [6, 6.07) is 5.86. The molecule has 0 spiro atoms. The first kappa shape index (κ1) is 22.7. The minimum Gasteiger partial charge on any atom is -0.846 e. The Hall–Kier alpha value is -3.63. The van der Waals surface area contributed by atoms with Gasteiger partial charge in [0.25, 0.3) is 6.20 Å². The average molecular weight is 419 g/mol. The fourth-order valence-electron chi connectivity index (χ4n) is 2.16. The maximum atomic E-state index is 11.8. The Morgan fingerprint density at radius 1 is 1.27 bits per heavy atom. The Labute approximate surface area is 173 Å². The van der Waals surface area contributed by atoms with Gasteiger partial charge in [0.15, 0.2) is 0 Å². The van der Waals surface area contributed by atoms with Crippen molar-refractivity contribution in [3.05, 3.63) is 36.0 Å². The molecule has 0 atom stereocenters. The molecule has 2 N–H and O–H groups in total. The fraction of sp³-hybridized carbons (Fsp3) is 0.421. The summed E-state index contributed by atoms with van der Waals surface area (Å²) in [6.07, 6.45) is 0.870. The lowest BCUT2D eigenvalue weighted by molar-refractivity contribution is -0.670. The molecular formula is C19H25N5O6. The zero-order chi connectivity index (χ0) is 22.1. The Bertz CT molecular complexity index is 886. The minimum atomic E-state index is -0.651. The van der Waals surface area contributed by atoms with Crippen LogP contribution in [0.25, 0.3) is 5.69 Å². The monoisotopic (exact) mass is 419 g/mol. The van der Waals surface area contributed by atoms with Gasteiger partial charge in [0.1, 0.15) is 5.60 Å². The first-order valence-corrected chi connectivity index (χ1v) is 9.29. The first-order valence-electron chi connectivity index (χ1n) is 9.29. The van der Waals surface area contributed by atoms with Gasteiger partial charge in [-0.3, -0.25) is 9.52 Å². The molecular weight excluding hydrogens is 394 g/mol. The minimum absolute atomic E-state index is 0.0640. The number of carbonyl (C=O) groups excluding carboxylic acids is 2. The van der Waals surface area contributed by atoms with E-state index in [0.29, 0.717) is 17.9 Å². The van der Waals surface area contributed by atoms with Crippen molar-refractivity contribution < 1.29 is 33.4 Å². The van der Waals surface area contributed by atoms with Crippen LogP contribution < -0.4 is 20.4 Å². The summed E-state index contributed by atoms with van der Waals surface area (Å²) < 4.78 is 16.4. The van der Waals surface area contributed by atoms with E-state index in [1.54, 1.807) is 52.0 Å². The average Bonchev–Trinajstić information content (AvgIpc) is 3.12. The number of aromatic nitrogens is 2. The number of hydrogen-bond acceptors (Lipinski definition) is 8. The number of rotatable bonds is 7. The number of ether oxygens (including phenoxy) is 2. The molecule has 0 aliphatic heterocycles. The predicted octanol–water partition coefficient (Wildman–Crippen LogP) is 0.781. The highest BCUT2D eigenvalue weighted by Crippen LogP contribution is 2.08. The molecule has 0 unspecified atom stereocenters. The van der Waals surface area contributed by atoms with E-state index in [-0.39, 0.29) is 19.0 Å². The molecule has 1 aromatic heterocycles. The van der Waals surface area contributed by atoms with Crippen LogP contribution in [0.4, 0.5) is 10.7 Å². The van der Waals surface area contributed by atoms with Crippen molar-refractivity contribution in [2.75, 3.05) is 25.0 Å². The van der Waals surface area contributed by atoms with Gasteiger partial charge in [-0.15, -0.1) is 0 Å². The van der Waals surface area contributed by atoms with Gasteiger partial charge in [-0.05, 0) is 44.5 Å². The second-order valence-corrected chi connectivity index (χ2v) is 7.02. The van der Waals surface area contributed by atoms with Crippen LogP contribution in [0.1, 0.15) is 38.1 Å². The van der Waals surface area contributed by atoms with E-state index < -0.39 is 23.7 Å². The SMILES string of the molecule is CCOC(=O)c1ccc(-[n+]2cc(NC([O-])=NCCNC(=O)OC(C)(C)C)on2)cc1. The third-order valence-corrected chi connectivity index (χ3v) is 3.38. The van der Waals surface area contributed by atoms with Gasteiger partial charge in [0.2, 0.25) is 11.0 Å². The molecule has 2 aromatic rings. The van der Waals surface area contributed by atoms with Gasteiger partial charge in [0, 0.05) is 18.7 Å². The van der Waals surface area contributed by atoms with Crippen LogP contribution in [0, 0.1) is 0 Å². The molecule has 162 valence electrons. The van der Waals surface area contributed by atoms with Crippen LogP contribution in [0.2, 0.25) is 0 Å². The molecule has 0 saturated heterocycles. The highest BCUT2D eigenvalue weighted by Gasteiger charge is 2.17. The smallest absolute Gasteiger partial charge is 0.407 e. The second kappa shape index (κ2) is 10.2. The van der Waals surface area contributed by atoms with E-state index in [4.69, 9.17) is 14.0 Å². The van der Waals surface area contributed by atoms with Crippen molar-refractivity contribution in [2.45, 2.75) is 33.3 Å². The highest BCUT2D eigenvalue weighted by atomic mass is 16.6. The number of esters is 1. The molecule has 1 amide bonds. The molecule has 1 aromatic carbocycles. The molecule has 11 heteroatoms. The maximum Gasteiger partial charge on any atom is 0.407 e. The van der Waals surface area contributed by atoms with Gasteiger partial charge in [0.05, 0.1) is 24.7 Å². The van der Waals surface area contributed by atoms with Gasteiger partial charge >= 0.3 is 17.9 Å². The summed E-state index contributed by atoms with van der Waals surface area (Å²) in [5, 5.41) is 20.6. The van der Waals surface area contributed by atoms with Crippen molar-refractivity contribution in [3.63, 3.8) is 0 Å². The molecule has 0 aliphatic rings. The van der Waals surface area contributed by atoms with Crippen molar-refractivity contribution >= 4 is 24.0 Å². The van der Waals surface area contributed by atoms with E-state index in [2.05, 4.69) is 20.9 Å². The summed E-state index contributed by atoms with van der Waals surface area (Å²) in [6.45, 7) is 7.50. The third kappa shape index (κ3) is 7.41. The lowest BCUT2D eigenvalue weighted by atomic mass is 10.2. The van der Waals surface area contributed by atoms with Gasteiger partial charge in [-0.25, -0.2) is 9.59 Å². The number of alkyl carbamates (subject to hydrolysis) is 1. The van der Waals surface area contributed by atoms with E-state index in [1.165, 1.54) is 10.9 Å². The Morgan fingerprint density at radius 3 is 2.60 bits per heavy atom. The van der Waals surface area contributed by atoms with E-state index in [1.807, 2.05) is 0 Å². The molecule has 2 rings (SSSR count). The largest absolute Gasteiger partial charge is 0.846 e. The van der Waals surface area contributed by atoms with E-state index in [0.717, 1.165) is 0 Å². The summed E-state index contributed by atoms with van der Waals surface area (Å²) >= 11 is 0. The van der Waals surface area contributed by atoms with Gasteiger partial charge in [-0.2, -0.15) is 0 Å². The number of hydrogen-bond donors (Lipinski definition) is 2. The predicted molar refractivity (Wildman–Crippen MR) is 104 cm³/mol. The Morgan fingerprint density at radius 2 is 1.97 bits per heavy atom. The molecule has 0 aliphatic carbocycles. The van der Waals surface area contributed by atoms with Crippen LogP contribution in [0.5, 0.6) is 0 Å². The summed E-state index contributed by atoms with van der Waals surface area (Å²) in [5.74, 6) is -0.330. The highest BCUT2D eigenvalue weighted by molar-refractivity contribution is 5.89. The topological polar surface area (TPSA) is 142 Å². The number of aliphatic imine (C=N–C) groups is 1. The molecule has 1 heterocycles. The van der Waals surface area contributed by atoms with Crippen LogP contribution in [-0.2, 0) is 9.47 Å². The number of nitrogens with zero attached hydrogens (tertiary/aromatic N) is 3. The van der Waals surface area contributed by atoms with Crippen molar-refractivity contribution in [3.8, 4) is 5.69 Å². The summed E-state index contributed by atoms with van der Waals surface area (Å²) in [7, 11) is 0. The van der Waals surface area contributed by atoms with Crippen molar-refractivity contribution in [1.29, 1.82) is 0 Å². The maximum absolute atomic E-state index is 11.8. The van der Waals surface area contributed by atoms with Gasteiger partial charge < -0.3 is 25.2 Å². The summed E-state index contributed by atoms with van der Waals surface area (Å²) in [4.78, 5) is 26.9. The second-order valence-electron chi connectivity index (χ2n) is 7.02. The van der Waals surface area contributed by atoms with Crippen LogP contribution >= 0.6 is 0 Å². The molecule has 30 heavy (non-hydrogen) atoms. The lowest BCUT2D eigenvalue weighted by Crippen LogP contribution is -2.34. The lowest BCUT2D eigenvalue weighted by Gasteiger charge is -2.19. The van der Waals surface area contributed by atoms with E-state index in [9.17, 15) is 14.7 Å². The Balaban J connectivity index is 1.85. The molecule has 0 bridgehead atoms. The zero-order valence-corrected chi connectivity index (χ0v) is 17.3. The molecule has 0 fully saturated rings. The number of anilines is 1. The van der Waals surface area contributed by atoms with Gasteiger partial charge in [-0.1, -0.05) is 0 Å². The molecule has 0 saturated carbocycles. The number of nitrogens with one attached hydrogen (secondary N) is 2. The Kier molecular flexibility index (Phi) is 7.73. The van der Waals surface area contributed by atoms with Crippen molar-refractivity contribution in [2.24, 2.45) is 4.99 Å². The number of amides is 1. The number of amidine groups is 1. The van der Waals surface area contributed by atoms with E-state index >= 15 is 0 Å². The number of benzene rings is 1. The van der Waals surface area contributed by atoms with Crippen molar-refractivity contribution in [1.82, 2.24) is 10.6 Å². The summed E-state index contributed by atoms with van der Waals surface area (Å²) in [5.41, 5.74) is 0.433. The molecule has 0 radical (unpaired) electrons. The third-order valence-electron chi connectivity index (χ3n) is 3.38. The fourth-order valence-corrected chi connectivity index (χ4v) is 2.16. The zero-order valence-electron chi connectivity index (χ0n) is 17.3. The normalized spacial score (nSPS) is 11.7. The van der Waals surface area contributed by atoms with Crippen LogP contribution in [0.3, 0.4) is 0 Å².